The van der Waals surface area contributed by atoms with E-state index in [0.29, 0.717) is 33.2 Å². The Labute approximate surface area is 197 Å². The van der Waals surface area contributed by atoms with Gasteiger partial charge in [-0.3, -0.25) is 4.79 Å². The van der Waals surface area contributed by atoms with Crippen LogP contribution in [-0.4, -0.2) is 31.3 Å². The summed E-state index contributed by atoms with van der Waals surface area (Å²) in [6.07, 6.45) is 3.11. The predicted molar refractivity (Wildman–Crippen MR) is 127 cm³/mol. The largest absolute Gasteiger partial charge is 0.463 e. The molecule has 164 valence electrons. The van der Waals surface area contributed by atoms with Crippen LogP contribution in [-0.2, 0) is 4.79 Å². The number of aromatic nitrogens is 4. The molecule has 0 aliphatic rings. The zero-order valence-electron chi connectivity index (χ0n) is 17.3. The highest BCUT2D eigenvalue weighted by molar-refractivity contribution is 8.00. The Balaban J connectivity index is 1.31. The summed E-state index contributed by atoms with van der Waals surface area (Å²) in [6, 6.07) is 16.9. The molecule has 0 spiro atoms. The van der Waals surface area contributed by atoms with Crippen molar-refractivity contribution in [3.63, 3.8) is 0 Å². The molecule has 0 saturated carbocycles. The maximum Gasteiger partial charge on any atom is 0.239 e. The number of nitrogens with one attached hydrogen (secondary N) is 1. The van der Waals surface area contributed by atoms with E-state index in [9.17, 15) is 4.79 Å². The first-order chi connectivity index (χ1) is 16.2. The van der Waals surface area contributed by atoms with Crippen molar-refractivity contribution in [3.05, 3.63) is 72.5 Å². The topological polar surface area (TPSA) is 107 Å². The molecule has 0 fully saturated rings. The van der Waals surface area contributed by atoms with Crippen molar-refractivity contribution in [1.29, 1.82) is 0 Å². The molecule has 1 atom stereocenters. The van der Waals surface area contributed by atoms with Gasteiger partial charge >= 0.3 is 0 Å². The monoisotopic (exact) mass is 475 g/mol. The van der Waals surface area contributed by atoms with E-state index in [-0.39, 0.29) is 5.91 Å². The van der Waals surface area contributed by atoms with E-state index < -0.39 is 5.25 Å². The number of rotatable bonds is 7. The number of anilines is 1. The molecule has 5 rings (SSSR count). The summed E-state index contributed by atoms with van der Waals surface area (Å²) in [6.45, 7) is 1.78. The van der Waals surface area contributed by atoms with E-state index in [2.05, 4.69) is 25.5 Å². The average Bonchev–Trinajstić information content (AvgIpc) is 3.62. The summed E-state index contributed by atoms with van der Waals surface area (Å²) in [5, 5.41) is 13.7. The Kier molecular flexibility index (Phi) is 6.01. The van der Waals surface area contributed by atoms with Gasteiger partial charge in [0.1, 0.15) is 5.69 Å². The number of furan rings is 2. The van der Waals surface area contributed by atoms with Gasteiger partial charge in [0, 0.05) is 10.9 Å². The molecule has 0 radical (unpaired) electrons. The molecule has 1 amide bonds. The van der Waals surface area contributed by atoms with Crippen LogP contribution in [0.5, 0.6) is 0 Å². The van der Waals surface area contributed by atoms with Crippen LogP contribution in [0.3, 0.4) is 0 Å². The van der Waals surface area contributed by atoms with Crippen LogP contribution >= 0.6 is 23.1 Å². The first-order valence-electron chi connectivity index (χ1n) is 9.98. The van der Waals surface area contributed by atoms with E-state index in [1.165, 1.54) is 23.1 Å². The SMILES string of the molecule is CC(Sc1nnc(-c2ccco2)c(-c2ccco2)n1)C(=O)Nc1nc(-c2ccccc2)cs1. The van der Waals surface area contributed by atoms with Crippen molar-refractivity contribution in [3.8, 4) is 34.2 Å². The Morgan fingerprint density at radius 2 is 1.67 bits per heavy atom. The molecule has 4 aromatic heterocycles. The highest BCUT2D eigenvalue weighted by Crippen LogP contribution is 2.31. The molecule has 1 N–H and O–H groups in total. The van der Waals surface area contributed by atoms with Gasteiger partial charge in [-0.05, 0) is 31.2 Å². The van der Waals surface area contributed by atoms with Gasteiger partial charge in [-0.15, -0.1) is 21.5 Å². The first kappa shape index (κ1) is 21.1. The van der Waals surface area contributed by atoms with Gasteiger partial charge in [0.2, 0.25) is 11.1 Å². The lowest BCUT2D eigenvalue weighted by Gasteiger charge is -2.10. The summed E-state index contributed by atoms with van der Waals surface area (Å²) in [7, 11) is 0. The molecule has 1 unspecified atom stereocenters. The fourth-order valence-corrected chi connectivity index (χ4v) is 4.45. The molecule has 33 heavy (non-hydrogen) atoms. The number of benzene rings is 1. The van der Waals surface area contributed by atoms with Crippen molar-refractivity contribution < 1.29 is 13.6 Å². The first-order valence-corrected chi connectivity index (χ1v) is 11.7. The molecule has 0 aliphatic carbocycles. The minimum absolute atomic E-state index is 0.202. The van der Waals surface area contributed by atoms with Crippen molar-refractivity contribution in [1.82, 2.24) is 20.2 Å². The highest BCUT2D eigenvalue weighted by Gasteiger charge is 2.22. The Hall–Kier alpha value is -3.76. The van der Waals surface area contributed by atoms with Crippen molar-refractivity contribution in [2.45, 2.75) is 17.3 Å². The number of thiazole rings is 1. The van der Waals surface area contributed by atoms with Crippen LogP contribution in [0.2, 0.25) is 0 Å². The van der Waals surface area contributed by atoms with E-state index in [1.54, 1.807) is 43.7 Å². The smallest absolute Gasteiger partial charge is 0.239 e. The Morgan fingerprint density at radius 3 is 2.36 bits per heavy atom. The van der Waals surface area contributed by atoms with Crippen LogP contribution in [0, 0.1) is 0 Å². The molecule has 10 heteroatoms. The fourth-order valence-electron chi connectivity index (χ4n) is 3.02. The number of thioether (sulfide) groups is 1. The van der Waals surface area contributed by atoms with Gasteiger partial charge in [0.25, 0.3) is 0 Å². The summed E-state index contributed by atoms with van der Waals surface area (Å²) >= 11 is 2.58. The van der Waals surface area contributed by atoms with Crippen LogP contribution in [0.4, 0.5) is 5.13 Å². The number of carbonyl (C=O) groups excluding carboxylic acids is 1. The molecular weight excluding hydrogens is 458 g/mol. The fraction of sp³-hybridized carbons (Fsp3) is 0.0870. The molecule has 0 bridgehead atoms. The van der Waals surface area contributed by atoms with Crippen molar-refractivity contribution in [2.75, 3.05) is 5.32 Å². The summed E-state index contributed by atoms with van der Waals surface area (Å²) in [5.74, 6) is 0.862. The molecule has 4 heterocycles. The van der Waals surface area contributed by atoms with Gasteiger partial charge in [-0.2, -0.15) is 0 Å². The third-order valence-electron chi connectivity index (χ3n) is 4.63. The molecule has 1 aromatic carbocycles. The van der Waals surface area contributed by atoms with Gasteiger partial charge < -0.3 is 14.2 Å². The van der Waals surface area contributed by atoms with Gasteiger partial charge in [0.15, 0.2) is 22.3 Å². The number of nitrogens with zero attached hydrogens (tertiary/aromatic N) is 4. The third kappa shape index (κ3) is 4.71. The summed E-state index contributed by atoms with van der Waals surface area (Å²) < 4.78 is 11.0. The number of hydrogen-bond acceptors (Lipinski definition) is 9. The minimum atomic E-state index is -0.477. The van der Waals surface area contributed by atoms with Crippen LogP contribution < -0.4 is 5.32 Å². The molecule has 8 nitrogen and oxygen atoms in total. The molecule has 0 aliphatic heterocycles. The van der Waals surface area contributed by atoms with Crippen LogP contribution in [0.1, 0.15) is 6.92 Å². The lowest BCUT2D eigenvalue weighted by atomic mass is 10.2. The zero-order chi connectivity index (χ0) is 22.6. The number of carbonyl (C=O) groups is 1. The standard InChI is InChI=1S/C23H17N5O3S2/c1-14(21(29)26-22-24-16(13-32-22)15-7-3-2-4-8-15)33-23-25-19(17-9-5-11-30-17)20(27-28-23)18-10-6-12-31-18/h2-14H,1H3,(H,24,26,29). The van der Waals surface area contributed by atoms with Gasteiger partial charge in [-0.1, -0.05) is 42.1 Å². The molecule has 0 saturated heterocycles. The normalized spacial score (nSPS) is 11.9. The van der Waals surface area contributed by atoms with Gasteiger partial charge in [0.05, 0.1) is 23.5 Å². The Bertz CT molecular complexity index is 1350. The zero-order valence-corrected chi connectivity index (χ0v) is 19.0. The van der Waals surface area contributed by atoms with Crippen molar-refractivity contribution >= 4 is 34.1 Å². The molecular formula is C23H17N5O3S2. The second-order valence-electron chi connectivity index (χ2n) is 6.90. The molecule has 5 aromatic rings. The number of hydrogen-bond donors (Lipinski definition) is 1. The third-order valence-corrected chi connectivity index (χ3v) is 6.34. The maximum absolute atomic E-state index is 12.8. The Morgan fingerprint density at radius 1 is 0.939 bits per heavy atom. The maximum atomic E-state index is 12.8. The summed E-state index contributed by atoms with van der Waals surface area (Å²) in [4.78, 5) is 21.9. The summed E-state index contributed by atoms with van der Waals surface area (Å²) in [5.41, 5.74) is 2.78. The quantitative estimate of drug-likeness (QED) is 0.302. The average molecular weight is 476 g/mol. The van der Waals surface area contributed by atoms with E-state index in [1.807, 2.05) is 35.7 Å². The van der Waals surface area contributed by atoms with Crippen LogP contribution in [0.15, 0.2) is 86.5 Å². The lowest BCUT2D eigenvalue weighted by molar-refractivity contribution is -0.115. The van der Waals surface area contributed by atoms with Gasteiger partial charge in [-0.25, -0.2) is 9.97 Å². The predicted octanol–water partition coefficient (Wildman–Crippen LogP) is 5.63. The van der Waals surface area contributed by atoms with E-state index in [4.69, 9.17) is 8.83 Å². The highest BCUT2D eigenvalue weighted by atomic mass is 32.2. The second-order valence-corrected chi connectivity index (χ2v) is 9.07. The second kappa shape index (κ2) is 9.39. The van der Waals surface area contributed by atoms with Crippen LogP contribution in [0.25, 0.3) is 34.2 Å². The lowest BCUT2D eigenvalue weighted by Crippen LogP contribution is -2.22. The van der Waals surface area contributed by atoms with E-state index in [0.717, 1.165) is 11.3 Å². The number of amides is 1. The van der Waals surface area contributed by atoms with E-state index >= 15 is 0 Å². The minimum Gasteiger partial charge on any atom is -0.463 e. The van der Waals surface area contributed by atoms with Crippen molar-refractivity contribution in [2.24, 2.45) is 0 Å².